The molecule has 0 bridgehead atoms. The van der Waals surface area contributed by atoms with Crippen molar-refractivity contribution in [3.8, 4) is 0 Å². The van der Waals surface area contributed by atoms with Gasteiger partial charge in [0.1, 0.15) is 6.17 Å². The predicted molar refractivity (Wildman–Crippen MR) is 76.2 cm³/mol. The molecule has 1 aliphatic carbocycles. The number of hydrogen-bond acceptors (Lipinski definition) is 2. The Morgan fingerprint density at radius 3 is 2.33 bits per heavy atom. The summed E-state index contributed by atoms with van der Waals surface area (Å²) >= 11 is 0. The van der Waals surface area contributed by atoms with Crippen LogP contribution in [-0.4, -0.2) is 31.3 Å². The first-order valence-corrected chi connectivity index (χ1v) is 7.64. The molecule has 1 aliphatic rings. The van der Waals surface area contributed by atoms with Gasteiger partial charge in [0.05, 0.1) is 0 Å². The molecule has 0 radical (unpaired) electrons. The number of hydrogen-bond donors (Lipinski definition) is 1. The number of rotatable bonds is 8. The van der Waals surface area contributed by atoms with Crippen molar-refractivity contribution in [2.45, 2.75) is 71.0 Å². The maximum absolute atomic E-state index is 13.8. The van der Waals surface area contributed by atoms with Gasteiger partial charge in [-0.05, 0) is 45.1 Å². The summed E-state index contributed by atoms with van der Waals surface area (Å²) in [4.78, 5) is 0. The molecule has 108 valence electrons. The van der Waals surface area contributed by atoms with E-state index in [1.807, 2.05) is 7.05 Å². The third-order valence-corrected chi connectivity index (χ3v) is 4.80. The van der Waals surface area contributed by atoms with Crippen molar-refractivity contribution in [1.29, 1.82) is 0 Å². The van der Waals surface area contributed by atoms with Crippen LogP contribution in [0.3, 0.4) is 0 Å². The molecule has 1 saturated carbocycles. The minimum absolute atomic E-state index is 0.284. The van der Waals surface area contributed by atoms with Crippen molar-refractivity contribution in [2.24, 2.45) is 11.8 Å². The average Bonchev–Trinajstić information content (AvgIpc) is 2.87. The van der Waals surface area contributed by atoms with Gasteiger partial charge in [0.15, 0.2) is 0 Å². The van der Waals surface area contributed by atoms with Gasteiger partial charge in [0.2, 0.25) is 0 Å². The molecule has 1 fully saturated rings. The second kappa shape index (κ2) is 8.11. The van der Waals surface area contributed by atoms with Crippen LogP contribution in [0.2, 0.25) is 0 Å². The molecule has 3 heteroatoms. The van der Waals surface area contributed by atoms with Gasteiger partial charge in [-0.25, -0.2) is 9.40 Å². The molecule has 0 aromatic heterocycles. The highest BCUT2D eigenvalue weighted by Gasteiger charge is 2.29. The summed E-state index contributed by atoms with van der Waals surface area (Å²) in [5.41, 5.74) is 3.18. The van der Waals surface area contributed by atoms with Gasteiger partial charge in [0, 0.05) is 13.1 Å². The Kier molecular flexibility index (Phi) is 7.16. The first kappa shape index (κ1) is 15.9. The molecule has 0 saturated heterocycles. The summed E-state index contributed by atoms with van der Waals surface area (Å²) in [6.45, 7) is 3.97. The highest BCUT2D eigenvalue weighted by atomic mass is 19.1. The molecule has 0 aromatic rings. The van der Waals surface area contributed by atoms with Gasteiger partial charge in [-0.15, -0.1) is 0 Å². The van der Waals surface area contributed by atoms with E-state index in [-0.39, 0.29) is 5.92 Å². The normalized spacial score (nSPS) is 22.3. The average molecular weight is 258 g/mol. The lowest BCUT2D eigenvalue weighted by Crippen LogP contribution is -2.40. The number of halogens is 1. The zero-order chi connectivity index (χ0) is 13.5. The van der Waals surface area contributed by atoms with Gasteiger partial charge in [-0.1, -0.05) is 32.6 Å². The van der Waals surface area contributed by atoms with E-state index in [1.54, 1.807) is 6.92 Å². The standard InChI is InChI=1S/C15H31FN2/c1-5-14(18(4)17-3)10-11-15(12(2)16)13-8-6-7-9-13/h12-15,17H,5-11H2,1-4H3. The van der Waals surface area contributed by atoms with Gasteiger partial charge >= 0.3 is 0 Å². The fourth-order valence-electron chi connectivity index (χ4n) is 3.46. The van der Waals surface area contributed by atoms with E-state index in [0.717, 1.165) is 19.3 Å². The second-order valence-corrected chi connectivity index (χ2v) is 5.86. The Labute approximate surface area is 112 Å². The molecule has 18 heavy (non-hydrogen) atoms. The van der Waals surface area contributed by atoms with Crippen LogP contribution in [0, 0.1) is 11.8 Å². The summed E-state index contributed by atoms with van der Waals surface area (Å²) in [5.74, 6) is 0.925. The lowest BCUT2D eigenvalue weighted by molar-refractivity contribution is 0.125. The smallest absolute Gasteiger partial charge is 0.100 e. The molecule has 3 unspecified atom stereocenters. The number of nitrogens with zero attached hydrogens (tertiary/aromatic N) is 1. The zero-order valence-corrected chi connectivity index (χ0v) is 12.6. The van der Waals surface area contributed by atoms with Crippen LogP contribution in [0.15, 0.2) is 0 Å². The summed E-state index contributed by atoms with van der Waals surface area (Å²) in [6.07, 6.45) is 7.72. The molecule has 2 nitrogen and oxygen atoms in total. The molecule has 0 aliphatic heterocycles. The molecule has 1 rings (SSSR count). The second-order valence-electron chi connectivity index (χ2n) is 5.86. The van der Waals surface area contributed by atoms with E-state index in [2.05, 4.69) is 24.4 Å². The minimum atomic E-state index is -0.648. The molecule has 1 N–H and O–H groups in total. The van der Waals surface area contributed by atoms with Crippen LogP contribution >= 0.6 is 0 Å². The highest BCUT2D eigenvalue weighted by molar-refractivity contribution is 4.80. The lowest BCUT2D eigenvalue weighted by atomic mass is 9.83. The highest BCUT2D eigenvalue weighted by Crippen LogP contribution is 2.37. The monoisotopic (exact) mass is 258 g/mol. The molecule has 3 atom stereocenters. The first-order valence-electron chi connectivity index (χ1n) is 7.64. The van der Waals surface area contributed by atoms with E-state index >= 15 is 0 Å². The van der Waals surface area contributed by atoms with Gasteiger partial charge in [-0.3, -0.25) is 5.43 Å². The summed E-state index contributed by atoms with van der Waals surface area (Å²) < 4.78 is 13.8. The van der Waals surface area contributed by atoms with E-state index < -0.39 is 6.17 Å². The SMILES string of the molecule is CCC(CCC(C(C)F)C1CCCC1)N(C)NC. The third kappa shape index (κ3) is 4.51. The van der Waals surface area contributed by atoms with Crippen LogP contribution in [0.4, 0.5) is 4.39 Å². The molecule has 0 heterocycles. The van der Waals surface area contributed by atoms with Crippen LogP contribution in [0.1, 0.15) is 58.8 Å². The maximum atomic E-state index is 13.8. The maximum Gasteiger partial charge on any atom is 0.100 e. The molecule has 0 amide bonds. The van der Waals surface area contributed by atoms with Crippen molar-refractivity contribution in [3.05, 3.63) is 0 Å². The summed E-state index contributed by atoms with van der Waals surface area (Å²) in [5, 5.41) is 2.16. The first-order chi connectivity index (χ1) is 8.60. The van der Waals surface area contributed by atoms with Crippen LogP contribution in [0.25, 0.3) is 0 Å². The third-order valence-electron chi connectivity index (χ3n) is 4.80. The lowest BCUT2D eigenvalue weighted by Gasteiger charge is -2.30. The number of alkyl halides is 1. The predicted octanol–water partition coefficient (Wildman–Crippen LogP) is 3.78. The van der Waals surface area contributed by atoms with Crippen LogP contribution in [0.5, 0.6) is 0 Å². The van der Waals surface area contributed by atoms with E-state index in [9.17, 15) is 4.39 Å². The summed E-state index contributed by atoms with van der Waals surface area (Å²) in [6, 6.07) is 0.526. The molecular weight excluding hydrogens is 227 g/mol. The Morgan fingerprint density at radius 1 is 1.28 bits per heavy atom. The van der Waals surface area contributed by atoms with Gasteiger partial charge in [0.25, 0.3) is 0 Å². The van der Waals surface area contributed by atoms with E-state index in [0.29, 0.717) is 12.0 Å². The van der Waals surface area contributed by atoms with Crippen molar-refractivity contribution in [2.75, 3.05) is 14.1 Å². The Bertz CT molecular complexity index is 215. The summed E-state index contributed by atoms with van der Waals surface area (Å²) in [7, 11) is 4.03. The van der Waals surface area contributed by atoms with Crippen molar-refractivity contribution in [1.82, 2.24) is 10.4 Å². The minimum Gasteiger partial charge on any atom is -0.258 e. The van der Waals surface area contributed by atoms with Crippen LogP contribution in [-0.2, 0) is 0 Å². The van der Waals surface area contributed by atoms with Crippen molar-refractivity contribution in [3.63, 3.8) is 0 Å². The Morgan fingerprint density at radius 2 is 1.89 bits per heavy atom. The Balaban J connectivity index is 2.45. The quantitative estimate of drug-likeness (QED) is 0.667. The molecular formula is C15H31FN2. The fraction of sp³-hybridized carbons (Fsp3) is 1.00. The van der Waals surface area contributed by atoms with Crippen molar-refractivity contribution < 1.29 is 4.39 Å². The van der Waals surface area contributed by atoms with Gasteiger partial charge < -0.3 is 0 Å². The number of nitrogens with one attached hydrogen (secondary N) is 1. The molecule has 0 aromatic carbocycles. The number of hydrazine groups is 1. The largest absolute Gasteiger partial charge is 0.258 e. The van der Waals surface area contributed by atoms with E-state index in [1.165, 1.54) is 25.7 Å². The van der Waals surface area contributed by atoms with Crippen molar-refractivity contribution >= 4 is 0 Å². The topological polar surface area (TPSA) is 15.3 Å². The van der Waals surface area contributed by atoms with Crippen LogP contribution < -0.4 is 5.43 Å². The molecule has 0 spiro atoms. The Hall–Kier alpha value is -0.150. The van der Waals surface area contributed by atoms with Gasteiger partial charge in [-0.2, -0.15) is 0 Å². The zero-order valence-electron chi connectivity index (χ0n) is 12.6. The fourth-order valence-corrected chi connectivity index (χ4v) is 3.46. The van der Waals surface area contributed by atoms with E-state index in [4.69, 9.17) is 0 Å².